The van der Waals surface area contributed by atoms with Gasteiger partial charge in [0.2, 0.25) is 5.91 Å². The maximum absolute atomic E-state index is 14.1. The van der Waals surface area contributed by atoms with Gasteiger partial charge in [-0.1, -0.05) is 24.3 Å². The van der Waals surface area contributed by atoms with Crippen molar-refractivity contribution in [1.29, 1.82) is 0 Å². The first-order valence-electron chi connectivity index (χ1n) is 13.2. The summed E-state index contributed by atoms with van der Waals surface area (Å²) in [6, 6.07) is 16.9. The van der Waals surface area contributed by atoms with Crippen molar-refractivity contribution in [3.63, 3.8) is 0 Å². The van der Waals surface area contributed by atoms with E-state index in [0.717, 1.165) is 0 Å². The fourth-order valence-corrected chi connectivity index (χ4v) is 4.24. The maximum atomic E-state index is 14.1. The Balaban J connectivity index is 1.99. The Bertz CT molecular complexity index is 1340. The highest BCUT2D eigenvalue weighted by atomic mass is 16.6. The minimum atomic E-state index is -1.15. The summed E-state index contributed by atoms with van der Waals surface area (Å²) in [5.74, 6) is -0.448. The van der Waals surface area contributed by atoms with Crippen molar-refractivity contribution in [3.8, 4) is 17.2 Å². The van der Waals surface area contributed by atoms with Gasteiger partial charge in [-0.05, 0) is 87.4 Å². The highest BCUT2D eigenvalue weighted by Gasteiger charge is 2.36. The fourth-order valence-electron chi connectivity index (χ4n) is 4.24. The number of phenolic OH excluding ortho intramolecular Hbond substituents is 2. The number of rotatable bonds is 10. The van der Waals surface area contributed by atoms with Crippen molar-refractivity contribution in [2.75, 3.05) is 19.0 Å². The van der Waals surface area contributed by atoms with Crippen LogP contribution in [0.5, 0.6) is 17.2 Å². The summed E-state index contributed by atoms with van der Waals surface area (Å²) in [5.41, 5.74) is 0.733. The molecule has 0 radical (unpaired) electrons. The van der Waals surface area contributed by atoms with E-state index < -0.39 is 35.6 Å². The lowest BCUT2D eigenvalue weighted by Crippen LogP contribution is -2.53. The Hall–Kier alpha value is -4.73. The van der Waals surface area contributed by atoms with E-state index in [0.29, 0.717) is 22.6 Å². The maximum Gasteiger partial charge on any atom is 0.408 e. The van der Waals surface area contributed by atoms with Crippen LogP contribution >= 0.6 is 0 Å². The monoisotopic (exact) mass is 563 g/mol. The van der Waals surface area contributed by atoms with Crippen LogP contribution in [0.1, 0.15) is 44.9 Å². The van der Waals surface area contributed by atoms with Crippen LogP contribution in [0.2, 0.25) is 0 Å². The van der Waals surface area contributed by atoms with Gasteiger partial charge in [-0.15, -0.1) is 0 Å². The highest BCUT2D eigenvalue weighted by molar-refractivity contribution is 5.99. The Morgan fingerprint density at radius 1 is 0.927 bits per heavy atom. The van der Waals surface area contributed by atoms with Crippen LogP contribution in [0.3, 0.4) is 0 Å². The molecule has 4 N–H and O–H groups in total. The molecule has 218 valence electrons. The number of benzene rings is 3. The predicted molar refractivity (Wildman–Crippen MR) is 155 cm³/mol. The van der Waals surface area contributed by atoms with E-state index in [4.69, 9.17) is 9.47 Å². The molecule has 0 fully saturated rings. The van der Waals surface area contributed by atoms with Crippen molar-refractivity contribution in [2.45, 2.75) is 51.8 Å². The van der Waals surface area contributed by atoms with Gasteiger partial charge in [0.05, 0.1) is 7.11 Å². The van der Waals surface area contributed by atoms with Gasteiger partial charge in [-0.3, -0.25) is 9.59 Å². The molecule has 2 unspecified atom stereocenters. The molecular weight excluding hydrogens is 526 g/mol. The number of aromatic hydroxyl groups is 2. The molecule has 0 spiro atoms. The summed E-state index contributed by atoms with van der Waals surface area (Å²) in [6.45, 7) is 6.96. The molecule has 0 aliphatic carbocycles. The number of amides is 3. The molecule has 3 amide bonds. The molecule has 10 nitrogen and oxygen atoms in total. The number of anilines is 1. The van der Waals surface area contributed by atoms with Crippen molar-refractivity contribution in [2.24, 2.45) is 0 Å². The number of alkyl carbamates (subject to hydrolysis) is 1. The largest absolute Gasteiger partial charge is 0.508 e. The first-order chi connectivity index (χ1) is 19.4. The number of likely N-dealkylation sites (N-methyl/N-ethyl adjacent to an activating group) is 1. The van der Waals surface area contributed by atoms with E-state index in [2.05, 4.69) is 10.6 Å². The molecule has 0 saturated heterocycles. The highest BCUT2D eigenvalue weighted by Crippen LogP contribution is 2.28. The van der Waals surface area contributed by atoms with Crippen LogP contribution < -0.4 is 15.4 Å². The van der Waals surface area contributed by atoms with Crippen LogP contribution in [0.4, 0.5) is 10.5 Å². The van der Waals surface area contributed by atoms with Gasteiger partial charge in [-0.2, -0.15) is 0 Å². The molecule has 41 heavy (non-hydrogen) atoms. The Morgan fingerprint density at radius 2 is 1.59 bits per heavy atom. The third kappa shape index (κ3) is 8.89. The second-order valence-corrected chi connectivity index (χ2v) is 10.4. The third-order valence-electron chi connectivity index (χ3n) is 6.09. The Kier molecular flexibility index (Phi) is 10.2. The summed E-state index contributed by atoms with van der Waals surface area (Å²) in [7, 11) is 1.54. The lowest BCUT2D eigenvalue weighted by Gasteiger charge is -2.34. The van der Waals surface area contributed by atoms with Crippen molar-refractivity contribution >= 4 is 23.6 Å². The summed E-state index contributed by atoms with van der Waals surface area (Å²) >= 11 is 0. The molecule has 0 aliphatic rings. The lowest BCUT2D eigenvalue weighted by molar-refractivity contribution is -0.140. The predicted octanol–water partition coefficient (Wildman–Crippen LogP) is 4.77. The topological polar surface area (TPSA) is 137 Å². The zero-order chi connectivity index (χ0) is 30.2. The standard InChI is InChI=1S/C31H37N3O7/c1-6-34(29(38)26(33-30(39)41-31(2,3)4)18-20-10-14-23(35)15-11-20)27(21-8-7-9-24(36)19-21)28(37)32-22-12-16-25(40-5)17-13-22/h7-17,19,26-27,35-36H,6,18H2,1-5H3,(H,32,37)(H,33,39). The van der Waals surface area contributed by atoms with E-state index in [-0.39, 0.29) is 24.5 Å². The molecule has 0 aliphatic heterocycles. The van der Waals surface area contributed by atoms with Crippen LogP contribution in [0.15, 0.2) is 72.8 Å². The van der Waals surface area contributed by atoms with Crippen molar-refractivity contribution < 1.29 is 34.1 Å². The van der Waals surface area contributed by atoms with Gasteiger partial charge in [0.1, 0.15) is 34.9 Å². The first-order valence-corrected chi connectivity index (χ1v) is 13.2. The SMILES string of the molecule is CCN(C(=O)C(Cc1ccc(O)cc1)NC(=O)OC(C)(C)C)C(C(=O)Nc1ccc(OC)cc1)c1cccc(O)c1. The minimum absolute atomic E-state index is 0.0612. The van der Waals surface area contributed by atoms with Crippen LogP contribution in [-0.4, -0.2) is 58.3 Å². The number of methoxy groups -OCH3 is 1. The first kappa shape index (κ1) is 30.8. The normalized spacial score (nSPS) is 12.5. The second-order valence-electron chi connectivity index (χ2n) is 10.4. The molecule has 3 aromatic carbocycles. The number of hydrogen-bond acceptors (Lipinski definition) is 7. The van der Waals surface area contributed by atoms with E-state index >= 15 is 0 Å². The van der Waals surface area contributed by atoms with Crippen LogP contribution in [0, 0.1) is 0 Å². The number of nitrogens with zero attached hydrogens (tertiary/aromatic N) is 1. The molecule has 0 bridgehead atoms. The number of carbonyl (C=O) groups is 3. The van der Waals surface area contributed by atoms with Crippen LogP contribution in [-0.2, 0) is 20.7 Å². The number of nitrogens with one attached hydrogen (secondary N) is 2. The van der Waals surface area contributed by atoms with Gasteiger partial charge >= 0.3 is 6.09 Å². The molecule has 0 aromatic heterocycles. The van der Waals surface area contributed by atoms with E-state index in [1.54, 1.807) is 76.2 Å². The van der Waals surface area contributed by atoms with Gasteiger partial charge in [0, 0.05) is 18.7 Å². The van der Waals surface area contributed by atoms with Crippen LogP contribution in [0.25, 0.3) is 0 Å². The molecule has 0 heterocycles. The molecule has 2 atom stereocenters. The summed E-state index contributed by atoms with van der Waals surface area (Å²) in [6.07, 6.45) is -0.718. The zero-order valence-corrected chi connectivity index (χ0v) is 23.9. The van der Waals surface area contributed by atoms with Gasteiger partial charge in [-0.25, -0.2) is 4.79 Å². The zero-order valence-electron chi connectivity index (χ0n) is 23.9. The molecule has 0 saturated carbocycles. The molecule has 10 heteroatoms. The Morgan fingerprint density at radius 3 is 2.15 bits per heavy atom. The number of carbonyl (C=O) groups excluding carboxylic acids is 3. The van der Waals surface area contributed by atoms with Gasteiger partial charge in [0.15, 0.2) is 0 Å². The van der Waals surface area contributed by atoms with Gasteiger partial charge < -0.3 is 35.2 Å². The molecular formula is C31H37N3O7. The summed E-state index contributed by atoms with van der Waals surface area (Å²) in [5, 5.41) is 25.4. The second kappa shape index (κ2) is 13.6. The fraction of sp³-hybridized carbons (Fsp3) is 0.323. The quantitative estimate of drug-likeness (QED) is 0.279. The average molecular weight is 564 g/mol. The number of phenols is 2. The summed E-state index contributed by atoms with van der Waals surface area (Å²) in [4.78, 5) is 42.0. The Labute approximate surface area is 239 Å². The van der Waals surface area contributed by atoms with Crippen molar-refractivity contribution in [1.82, 2.24) is 10.2 Å². The lowest BCUT2D eigenvalue weighted by atomic mass is 10.00. The average Bonchev–Trinajstić information content (AvgIpc) is 2.91. The van der Waals surface area contributed by atoms with E-state index in [1.807, 2.05) is 0 Å². The van der Waals surface area contributed by atoms with E-state index in [9.17, 15) is 24.6 Å². The third-order valence-corrected chi connectivity index (χ3v) is 6.09. The molecule has 3 rings (SSSR count). The van der Waals surface area contributed by atoms with E-state index in [1.165, 1.54) is 36.3 Å². The number of hydrogen-bond donors (Lipinski definition) is 4. The van der Waals surface area contributed by atoms with Gasteiger partial charge in [0.25, 0.3) is 5.91 Å². The smallest absolute Gasteiger partial charge is 0.408 e. The molecule has 3 aromatic rings. The summed E-state index contributed by atoms with van der Waals surface area (Å²) < 4.78 is 10.6. The van der Waals surface area contributed by atoms with Crippen molar-refractivity contribution in [3.05, 3.63) is 83.9 Å². The number of ether oxygens (including phenoxy) is 2. The minimum Gasteiger partial charge on any atom is -0.508 e.